The summed E-state index contributed by atoms with van der Waals surface area (Å²) in [4.78, 5) is 52.0. The number of anilines is 1. The first-order valence-corrected chi connectivity index (χ1v) is 17.2. The molecule has 0 saturated carbocycles. The van der Waals surface area contributed by atoms with E-state index in [1.165, 1.54) is 24.0 Å². The quantitative estimate of drug-likeness (QED) is 0.450. The smallest absolute Gasteiger partial charge is 0.351 e. The van der Waals surface area contributed by atoms with Crippen LogP contribution in [0.2, 0.25) is 0 Å². The molecular weight excluding hydrogens is 580 g/mol. The highest BCUT2D eigenvalue weighted by Gasteiger charge is 2.35. The number of carbonyl (C=O) groups excluding carboxylic acids is 3. The number of hydrogen-bond donors (Lipinski definition) is 2. The fraction of sp³-hybridized carbons (Fsp3) is 0.583. The maximum Gasteiger partial charge on any atom is 0.426 e. The lowest BCUT2D eigenvalue weighted by Crippen LogP contribution is -2.54. The number of hydroxylamine groups is 2. The van der Waals surface area contributed by atoms with E-state index in [1.54, 1.807) is 5.06 Å². The Kier molecular flexibility index (Phi) is 10.1. The second-order valence-corrected chi connectivity index (χ2v) is 13.9. The average molecular weight is 631 g/mol. The van der Waals surface area contributed by atoms with Crippen LogP contribution in [0, 0.1) is 25.7 Å². The Morgan fingerprint density at radius 2 is 1.57 bits per heavy atom. The van der Waals surface area contributed by atoms with E-state index in [1.807, 2.05) is 40.1 Å². The van der Waals surface area contributed by atoms with Gasteiger partial charge in [-0.3, -0.25) is 4.79 Å². The van der Waals surface area contributed by atoms with Gasteiger partial charge in [0.1, 0.15) is 6.04 Å². The summed E-state index contributed by atoms with van der Waals surface area (Å²) < 4.78 is 0. The van der Waals surface area contributed by atoms with Crippen LogP contribution in [0.1, 0.15) is 60.8 Å². The van der Waals surface area contributed by atoms with Crippen LogP contribution in [0.15, 0.2) is 42.5 Å². The van der Waals surface area contributed by atoms with Crippen molar-refractivity contribution in [2.45, 2.75) is 77.4 Å². The number of para-hydroxylation sites is 1. The van der Waals surface area contributed by atoms with Crippen LogP contribution in [0.3, 0.4) is 0 Å². The minimum atomic E-state index is -0.705. The Balaban J connectivity index is 1.04. The Hall–Kier alpha value is -3.63. The van der Waals surface area contributed by atoms with Gasteiger partial charge in [0, 0.05) is 50.9 Å². The summed E-state index contributed by atoms with van der Waals surface area (Å²) in [6.07, 6.45) is 5.74. The molecule has 0 spiro atoms. The maximum absolute atomic E-state index is 13.9. The molecule has 1 unspecified atom stereocenters. The fourth-order valence-electron chi connectivity index (χ4n) is 7.73. The monoisotopic (exact) mass is 630 g/mol. The molecule has 10 heteroatoms. The minimum absolute atomic E-state index is 0.0351. The lowest BCUT2D eigenvalue weighted by atomic mass is 9.79. The first-order valence-electron chi connectivity index (χ1n) is 17.2. The number of hydrogen-bond acceptors (Lipinski definition) is 6. The first kappa shape index (κ1) is 32.3. The summed E-state index contributed by atoms with van der Waals surface area (Å²) in [5.74, 6) is 1.38. The molecule has 3 fully saturated rings. The van der Waals surface area contributed by atoms with E-state index in [-0.39, 0.29) is 18.0 Å². The molecule has 10 nitrogen and oxygen atoms in total. The fourth-order valence-corrected chi connectivity index (χ4v) is 7.73. The second-order valence-electron chi connectivity index (χ2n) is 13.9. The number of piperidine rings is 3. The summed E-state index contributed by atoms with van der Waals surface area (Å²) in [5.41, 5.74) is 5.35. The summed E-state index contributed by atoms with van der Waals surface area (Å²) in [7, 11) is 2.20. The van der Waals surface area contributed by atoms with Gasteiger partial charge < -0.3 is 30.2 Å². The lowest BCUT2D eigenvalue weighted by Gasteiger charge is -2.40. The molecule has 0 bridgehead atoms. The van der Waals surface area contributed by atoms with Gasteiger partial charge in [-0.25, -0.2) is 9.59 Å². The van der Waals surface area contributed by atoms with Crippen molar-refractivity contribution in [2.75, 3.05) is 51.6 Å². The third-order valence-electron chi connectivity index (χ3n) is 10.8. The zero-order valence-corrected chi connectivity index (χ0v) is 27.7. The topological polar surface area (TPSA) is 97.5 Å². The van der Waals surface area contributed by atoms with Crippen LogP contribution in [0.4, 0.5) is 15.3 Å². The number of benzene rings is 2. The number of aryl methyl sites for hydroxylation is 2. The van der Waals surface area contributed by atoms with E-state index in [4.69, 9.17) is 4.84 Å². The summed E-state index contributed by atoms with van der Waals surface area (Å²) >= 11 is 0. The molecule has 2 aromatic rings. The van der Waals surface area contributed by atoms with Crippen LogP contribution in [0.25, 0.3) is 0 Å². The van der Waals surface area contributed by atoms with E-state index in [0.717, 1.165) is 61.8 Å². The molecule has 4 amide bonds. The molecule has 248 valence electrons. The van der Waals surface area contributed by atoms with Crippen LogP contribution in [-0.4, -0.2) is 96.2 Å². The van der Waals surface area contributed by atoms with E-state index in [9.17, 15) is 14.4 Å². The van der Waals surface area contributed by atoms with Crippen molar-refractivity contribution in [1.29, 1.82) is 0 Å². The van der Waals surface area contributed by atoms with E-state index in [2.05, 4.69) is 48.6 Å². The molecule has 3 saturated heterocycles. The summed E-state index contributed by atoms with van der Waals surface area (Å²) in [5, 5.41) is 7.60. The normalized spacial score (nSPS) is 21.4. The van der Waals surface area contributed by atoms with Crippen LogP contribution >= 0.6 is 0 Å². The number of amides is 4. The van der Waals surface area contributed by atoms with E-state index >= 15 is 0 Å². The van der Waals surface area contributed by atoms with Gasteiger partial charge in [0.2, 0.25) is 5.91 Å². The van der Waals surface area contributed by atoms with E-state index < -0.39 is 12.1 Å². The molecule has 2 aromatic carbocycles. The highest BCUT2D eigenvalue weighted by atomic mass is 16.7. The maximum atomic E-state index is 13.9. The van der Waals surface area contributed by atoms with Gasteiger partial charge in [-0.2, -0.15) is 0 Å². The predicted octanol–water partition coefficient (Wildman–Crippen LogP) is 4.95. The molecule has 2 N–H and O–H groups in total. The van der Waals surface area contributed by atoms with Gasteiger partial charge in [-0.05, 0) is 113 Å². The van der Waals surface area contributed by atoms with Crippen molar-refractivity contribution in [3.8, 4) is 0 Å². The SMILES string of the molecule is Cc1ccc(CC(NC(=O)ON2CCC(N3Cc4ccccc4NC3=O)CC2)C(=O)N2CCC(C3CCN(C)CC3)CC2)cc1C. The number of rotatable bonds is 7. The molecule has 6 rings (SSSR count). The molecule has 4 aliphatic rings. The molecule has 46 heavy (non-hydrogen) atoms. The Labute approximate surface area is 273 Å². The van der Waals surface area contributed by atoms with Crippen molar-refractivity contribution < 1.29 is 19.2 Å². The van der Waals surface area contributed by atoms with Crippen molar-refractivity contribution >= 4 is 23.7 Å². The summed E-state index contributed by atoms with van der Waals surface area (Å²) in [6, 6.07) is 13.4. The molecule has 4 heterocycles. The van der Waals surface area contributed by atoms with Gasteiger partial charge in [0.15, 0.2) is 0 Å². The molecule has 0 radical (unpaired) electrons. The average Bonchev–Trinajstić information content (AvgIpc) is 3.06. The predicted molar refractivity (Wildman–Crippen MR) is 178 cm³/mol. The van der Waals surface area contributed by atoms with Gasteiger partial charge in [0.25, 0.3) is 0 Å². The molecular formula is C36H50N6O4. The Bertz CT molecular complexity index is 1390. The van der Waals surface area contributed by atoms with Crippen molar-refractivity contribution in [2.24, 2.45) is 11.8 Å². The van der Waals surface area contributed by atoms with Crippen molar-refractivity contribution in [3.05, 3.63) is 64.7 Å². The van der Waals surface area contributed by atoms with E-state index in [0.29, 0.717) is 44.8 Å². The molecule has 1 atom stereocenters. The van der Waals surface area contributed by atoms with Gasteiger partial charge in [-0.1, -0.05) is 36.4 Å². The number of urea groups is 1. The van der Waals surface area contributed by atoms with Gasteiger partial charge in [0.05, 0.1) is 0 Å². The zero-order valence-electron chi connectivity index (χ0n) is 27.7. The zero-order chi connectivity index (χ0) is 32.2. The Morgan fingerprint density at radius 1 is 0.891 bits per heavy atom. The van der Waals surface area contributed by atoms with Crippen molar-refractivity contribution in [3.63, 3.8) is 0 Å². The molecule has 4 aliphatic heterocycles. The number of nitrogens with one attached hydrogen (secondary N) is 2. The molecule has 0 aromatic heterocycles. The molecule has 0 aliphatic carbocycles. The standard InChI is InChI=1S/C36H50N6O4/c1-25-8-9-27(22-26(25)2)23-33(34(43)40-18-12-29(13-19-40)28-10-16-39(3)17-11-28)38-36(45)46-41-20-14-31(15-21-41)42-24-30-6-4-5-7-32(30)37-35(42)44/h4-9,22,28-29,31,33H,10-21,23-24H2,1-3H3,(H,37,44)(H,38,45). The van der Waals surface area contributed by atoms with Crippen LogP contribution < -0.4 is 10.6 Å². The third-order valence-corrected chi connectivity index (χ3v) is 10.8. The number of carbonyl (C=O) groups is 3. The highest BCUT2D eigenvalue weighted by molar-refractivity contribution is 5.92. The highest BCUT2D eigenvalue weighted by Crippen LogP contribution is 2.33. The van der Waals surface area contributed by atoms with Gasteiger partial charge in [-0.15, -0.1) is 5.06 Å². The van der Waals surface area contributed by atoms with Gasteiger partial charge >= 0.3 is 12.1 Å². The number of nitrogens with zero attached hydrogens (tertiary/aromatic N) is 4. The first-order chi connectivity index (χ1) is 22.2. The number of fused-ring (bicyclic) bond motifs is 1. The third kappa shape index (κ3) is 7.66. The minimum Gasteiger partial charge on any atom is -0.351 e. The largest absolute Gasteiger partial charge is 0.426 e. The van der Waals surface area contributed by atoms with Crippen LogP contribution in [-0.2, 0) is 22.6 Å². The Morgan fingerprint density at radius 3 is 2.26 bits per heavy atom. The number of likely N-dealkylation sites (tertiary alicyclic amines) is 2. The summed E-state index contributed by atoms with van der Waals surface area (Å²) in [6.45, 7) is 9.54. The van der Waals surface area contributed by atoms with Crippen molar-refractivity contribution in [1.82, 2.24) is 25.1 Å². The van der Waals surface area contributed by atoms with Crippen LogP contribution in [0.5, 0.6) is 0 Å². The lowest BCUT2D eigenvalue weighted by molar-refractivity contribution is -0.137. The second kappa shape index (κ2) is 14.4.